The molecule has 11 heteroatoms. The number of halogens is 1. The van der Waals surface area contributed by atoms with Gasteiger partial charge in [-0.1, -0.05) is 12.1 Å². The van der Waals surface area contributed by atoms with E-state index < -0.39 is 28.3 Å². The fourth-order valence-corrected chi connectivity index (χ4v) is 5.25. The summed E-state index contributed by atoms with van der Waals surface area (Å²) < 4.78 is 51.8. The van der Waals surface area contributed by atoms with Crippen LogP contribution < -0.4 is 14.4 Å². The Balaban J connectivity index is 1.61. The van der Waals surface area contributed by atoms with E-state index in [1.165, 1.54) is 19.2 Å². The molecule has 194 valence electrons. The summed E-state index contributed by atoms with van der Waals surface area (Å²) in [5.74, 6) is -1.01. The molecule has 0 saturated carbocycles. The second-order valence-corrected chi connectivity index (χ2v) is 10.0. The third-order valence-electron chi connectivity index (χ3n) is 5.78. The third-order valence-corrected chi connectivity index (χ3v) is 7.57. The highest BCUT2D eigenvalue weighted by molar-refractivity contribution is 7.92. The molecular weight excluding hydrogens is 501 g/mol. The molecule has 0 spiro atoms. The largest absolute Gasteiger partial charge is 0.497 e. The number of methoxy groups -OCH3 is 1. The summed E-state index contributed by atoms with van der Waals surface area (Å²) in [5.41, 5.74) is 0.756. The van der Waals surface area contributed by atoms with Crippen LogP contribution in [0.25, 0.3) is 0 Å². The fourth-order valence-electron chi connectivity index (χ4n) is 3.83. The number of hydrogen-bond acceptors (Lipinski definition) is 6. The lowest BCUT2D eigenvalue weighted by molar-refractivity contribution is -0.114. The molecule has 1 fully saturated rings. The molecule has 0 aliphatic carbocycles. The van der Waals surface area contributed by atoms with Crippen molar-refractivity contribution in [1.82, 2.24) is 4.90 Å². The molecule has 1 aliphatic rings. The van der Waals surface area contributed by atoms with Gasteiger partial charge in [0.1, 0.15) is 18.1 Å². The summed E-state index contributed by atoms with van der Waals surface area (Å²) >= 11 is 0. The number of ether oxygens (including phenoxy) is 2. The molecule has 1 saturated heterocycles. The minimum absolute atomic E-state index is 0.180. The van der Waals surface area contributed by atoms with Crippen LogP contribution in [0.5, 0.6) is 5.75 Å². The highest BCUT2D eigenvalue weighted by Gasteiger charge is 2.28. The third kappa shape index (κ3) is 6.07. The van der Waals surface area contributed by atoms with E-state index in [2.05, 4.69) is 5.32 Å². The number of benzene rings is 3. The summed E-state index contributed by atoms with van der Waals surface area (Å²) in [7, 11) is -2.77. The minimum Gasteiger partial charge on any atom is -0.497 e. The normalized spacial score (nSPS) is 13.6. The molecule has 0 atom stereocenters. The summed E-state index contributed by atoms with van der Waals surface area (Å²) in [4.78, 5) is 27.7. The maximum atomic E-state index is 13.5. The standard InChI is InChI=1S/C26H26FN3O6S/c1-35-21-10-8-20(9-11-21)30(37(33,34)22-12-6-19(27)7-13-22)18-25(31)28-24-5-3-2-4-23(24)26(32)29-14-16-36-17-15-29/h2-13H,14-18H2,1H3,(H,28,31). The van der Waals surface area contributed by atoms with Crippen LogP contribution in [0.1, 0.15) is 10.4 Å². The number of nitrogens with one attached hydrogen (secondary N) is 1. The monoisotopic (exact) mass is 527 g/mol. The van der Waals surface area contributed by atoms with Gasteiger partial charge in [-0.25, -0.2) is 12.8 Å². The first-order valence-corrected chi connectivity index (χ1v) is 12.9. The van der Waals surface area contributed by atoms with Gasteiger partial charge in [0.2, 0.25) is 5.91 Å². The number of carbonyl (C=O) groups excluding carboxylic acids is 2. The number of anilines is 2. The molecule has 0 aromatic heterocycles. The Kier molecular flexibility index (Phi) is 8.04. The molecule has 4 rings (SSSR count). The molecule has 3 aromatic carbocycles. The molecule has 0 radical (unpaired) electrons. The van der Waals surface area contributed by atoms with Crippen LogP contribution >= 0.6 is 0 Å². The Morgan fingerprint density at radius 3 is 2.30 bits per heavy atom. The van der Waals surface area contributed by atoms with Gasteiger partial charge in [0.15, 0.2) is 0 Å². The molecule has 1 heterocycles. The van der Waals surface area contributed by atoms with Crippen molar-refractivity contribution >= 4 is 33.2 Å². The van der Waals surface area contributed by atoms with Crippen molar-refractivity contribution in [3.8, 4) is 5.75 Å². The van der Waals surface area contributed by atoms with Crippen LogP contribution in [-0.2, 0) is 19.6 Å². The number of morpholine rings is 1. The number of nitrogens with zero attached hydrogens (tertiary/aromatic N) is 2. The van der Waals surface area contributed by atoms with Crippen LogP contribution in [-0.4, -0.2) is 65.1 Å². The second kappa shape index (κ2) is 11.4. The number of hydrogen-bond donors (Lipinski definition) is 1. The number of carbonyl (C=O) groups is 2. The van der Waals surface area contributed by atoms with E-state index in [0.717, 1.165) is 28.6 Å². The molecule has 9 nitrogen and oxygen atoms in total. The van der Waals surface area contributed by atoms with Gasteiger partial charge in [-0.05, 0) is 60.7 Å². The van der Waals surface area contributed by atoms with Crippen molar-refractivity contribution in [1.29, 1.82) is 0 Å². The van der Waals surface area contributed by atoms with Crippen molar-refractivity contribution in [2.75, 3.05) is 49.6 Å². The summed E-state index contributed by atoms with van der Waals surface area (Å²) in [6, 6.07) is 17.0. The molecular formula is C26H26FN3O6S. The van der Waals surface area contributed by atoms with Crippen LogP contribution in [0.2, 0.25) is 0 Å². The van der Waals surface area contributed by atoms with E-state index in [9.17, 15) is 22.4 Å². The summed E-state index contributed by atoms with van der Waals surface area (Å²) in [6.07, 6.45) is 0. The predicted octanol–water partition coefficient (Wildman–Crippen LogP) is 3.14. The Morgan fingerprint density at radius 1 is 1.00 bits per heavy atom. The van der Waals surface area contributed by atoms with E-state index in [1.54, 1.807) is 41.3 Å². The Labute approximate surface area is 214 Å². The number of sulfonamides is 1. The van der Waals surface area contributed by atoms with Crippen molar-refractivity contribution in [2.45, 2.75) is 4.90 Å². The van der Waals surface area contributed by atoms with E-state index in [4.69, 9.17) is 9.47 Å². The van der Waals surface area contributed by atoms with Crippen molar-refractivity contribution < 1.29 is 31.9 Å². The SMILES string of the molecule is COc1ccc(N(CC(=O)Nc2ccccc2C(=O)N2CCOCC2)S(=O)(=O)c2ccc(F)cc2)cc1. The van der Waals surface area contributed by atoms with E-state index in [0.29, 0.717) is 32.1 Å². The second-order valence-electron chi connectivity index (χ2n) is 8.16. The smallest absolute Gasteiger partial charge is 0.264 e. The topological polar surface area (TPSA) is 105 Å². The Bertz CT molecular complexity index is 1360. The fraction of sp³-hybridized carbons (Fsp3) is 0.231. The summed E-state index contributed by atoms with van der Waals surface area (Å²) in [5, 5.41) is 2.68. The maximum Gasteiger partial charge on any atom is 0.264 e. The zero-order chi connectivity index (χ0) is 26.4. The first kappa shape index (κ1) is 26.1. The molecule has 3 aromatic rings. The molecule has 0 unspecified atom stereocenters. The van der Waals surface area contributed by atoms with Crippen LogP contribution in [0, 0.1) is 5.82 Å². The maximum absolute atomic E-state index is 13.5. The molecule has 1 N–H and O–H groups in total. The Hall–Kier alpha value is -3.96. The van der Waals surface area contributed by atoms with Crippen molar-refractivity contribution in [2.24, 2.45) is 0 Å². The number of para-hydroxylation sites is 1. The molecule has 2 amide bonds. The van der Waals surface area contributed by atoms with Crippen molar-refractivity contribution in [3.05, 3.63) is 84.2 Å². The highest BCUT2D eigenvalue weighted by Crippen LogP contribution is 2.26. The molecule has 1 aliphatic heterocycles. The van der Waals surface area contributed by atoms with Gasteiger partial charge >= 0.3 is 0 Å². The van der Waals surface area contributed by atoms with E-state index in [-0.39, 0.29) is 27.7 Å². The van der Waals surface area contributed by atoms with Crippen LogP contribution in [0.4, 0.5) is 15.8 Å². The van der Waals surface area contributed by atoms with Gasteiger partial charge in [0.25, 0.3) is 15.9 Å². The number of amides is 2. The van der Waals surface area contributed by atoms with Crippen LogP contribution in [0.3, 0.4) is 0 Å². The zero-order valence-electron chi connectivity index (χ0n) is 20.1. The van der Waals surface area contributed by atoms with Gasteiger partial charge in [-0.15, -0.1) is 0 Å². The minimum atomic E-state index is -4.25. The quantitative estimate of drug-likeness (QED) is 0.483. The molecule has 37 heavy (non-hydrogen) atoms. The predicted molar refractivity (Wildman–Crippen MR) is 136 cm³/mol. The zero-order valence-corrected chi connectivity index (χ0v) is 20.9. The Morgan fingerprint density at radius 2 is 1.65 bits per heavy atom. The average molecular weight is 528 g/mol. The first-order valence-electron chi connectivity index (χ1n) is 11.5. The van der Waals surface area contributed by atoms with Gasteiger partial charge in [-0.3, -0.25) is 13.9 Å². The highest BCUT2D eigenvalue weighted by atomic mass is 32.2. The van der Waals surface area contributed by atoms with E-state index in [1.807, 2.05) is 0 Å². The lowest BCUT2D eigenvalue weighted by Gasteiger charge is -2.28. The summed E-state index contributed by atoms with van der Waals surface area (Å²) in [6.45, 7) is 1.13. The first-order chi connectivity index (χ1) is 17.8. The van der Waals surface area contributed by atoms with Gasteiger partial charge < -0.3 is 19.7 Å². The molecule has 0 bridgehead atoms. The van der Waals surface area contributed by atoms with Gasteiger partial charge in [0.05, 0.1) is 42.2 Å². The van der Waals surface area contributed by atoms with Crippen molar-refractivity contribution in [3.63, 3.8) is 0 Å². The van der Waals surface area contributed by atoms with Crippen LogP contribution in [0.15, 0.2) is 77.7 Å². The van der Waals surface area contributed by atoms with E-state index >= 15 is 0 Å². The van der Waals surface area contributed by atoms with Gasteiger partial charge in [-0.2, -0.15) is 0 Å². The average Bonchev–Trinajstić information content (AvgIpc) is 2.92. The number of rotatable bonds is 8. The lowest BCUT2D eigenvalue weighted by Crippen LogP contribution is -2.41. The lowest BCUT2D eigenvalue weighted by atomic mass is 10.1. The van der Waals surface area contributed by atoms with Gasteiger partial charge in [0, 0.05) is 13.1 Å².